The summed E-state index contributed by atoms with van der Waals surface area (Å²) in [7, 11) is 5.94. The van der Waals surface area contributed by atoms with Crippen LogP contribution in [0.15, 0.2) is 24.3 Å². The Morgan fingerprint density at radius 1 is 0.370 bits per heavy atom. The van der Waals surface area contributed by atoms with Crippen molar-refractivity contribution in [2.45, 2.75) is 373 Å². The maximum atomic E-state index is 12.9. The minimum atomic E-state index is -1.62. The molecule has 0 radical (unpaired) electrons. The second-order valence-corrected chi connectivity index (χ2v) is 25.5. The molecule has 0 saturated heterocycles. The average molecular weight is 1140 g/mol. The highest BCUT2D eigenvalue weighted by Gasteiger charge is 2.22. The van der Waals surface area contributed by atoms with Gasteiger partial charge in [0, 0.05) is 12.8 Å². The molecule has 0 amide bonds. The Balaban J connectivity index is 4.06. The van der Waals surface area contributed by atoms with Gasteiger partial charge in [0.25, 0.3) is 0 Å². The highest BCUT2D eigenvalue weighted by atomic mass is 16.7. The van der Waals surface area contributed by atoms with Gasteiger partial charge in [-0.15, -0.1) is 0 Å². The Labute approximate surface area is 503 Å². The van der Waals surface area contributed by atoms with Crippen LogP contribution < -0.4 is 5.11 Å². The lowest BCUT2D eigenvalue weighted by Crippen LogP contribution is -2.44. The Bertz CT molecular complexity index is 1380. The Morgan fingerprint density at radius 3 is 0.975 bits per heavy atom. The molecule has 2 unspecified atom stereocenters. The maximum Gasteiger partial charge on any atom is 0.306 e. The molecule has 0 aliphatic rings. The number of hydrogen-bond donors (Lipinski definition) is 0. The number of unbranched alkanes of at least 4 members (excludes halogenated alkanes) is 48. The van der Waals surface area contributed by atoms with Crippen LogP contribution in [0.1, 0.15) is 361 Å². The molecule has 0 rings (SSSR count). The van der Waals surface area contributed by atoms with Crippen molar-refractivity contribution in [2.24, 2.45) is 0 Å². The number of allylic oxidation sites excluding steroid dienone is 4. The highest BCUT2D eigenvalue weighted by molar-refractivity contribution is 5.70. The molecule has 0 spiro atoms. The molecule has 0 fully saturated rings. The molecular weight excluding hydrogens is 1010 g/mol. The zero-order chi connectivity index (χ0) is 59.1. The van der Waals surface area contributed by atoms with Crippen molar-refractivity contribution >= 4 is 17.9 Å². The summed E-state index contributed by atoms with van der Waals surface area (Å²) in [6.07, 6.45) is 75.5. The fourth-order valence-corrected chi connectivity index (χ4v) is 10.7. The summed E-state index contributed by atoms with van der Waals surface area (Å²) in [5, 5.41) is 11.8. The lowest BCUT2D eigenvalue weighted by atomic mass is 10.0. The number of carbonyl (C=O) groups excluding carboxylic acids is 3. The highest BCUT2D eigenvalue weighted by Crippen LogP contribution is 2.19. The number of nitrogens with zero attached hydrogens (tertiary/aromatic N) is 1. The summed E-state index contributed by atoms with van der Waals surface area (Å²) >= 11 is 0. The number of hydrogen-bond acceptors (Lipinski definition) is 8. The van der Waals surface area contributed by atoms with Gasteiger partial charge in [0.05, 0.1) is 40.3 Å². The van der Waals surface area contributed by atoms with E-state index in [2.05, 4.69) is 38.2 Å². The molecule has 0 heterocycles. The van der Waals surface area contributed by atoms with Gasteiger partial charge in [0.2, 0.25) is 0 Å². The summed E-state index contributed by atoms with van der Waals surface area (Å²) in [6.45, 7) is 4.81. The van der Waals surface area contributed by atoms with Gasteiger partial charge >= 0.3 is 11.9 Å². The fourth-order valence-electron chi connectivity index (χ4n) is 10.7. The largest absolute Gasteiger partial charge is 0.545 e. The Kier molecular flexibility index (Phi) is 62.0. The number of quaternary nitrogens is 1. The summed E-state index contributed by atoms with van der Waals surface area (Å²) in [5.41, 5.74) is 0. The first-order valence-corrected chi connectivity index (χ1v) is 35.5. The average Bonchev–Trinajstić information content (AvgIpc) is 3.44. The predicted octanol–water partition coefficient (Wildman–Crippen LogP) is 20.5. The van der Waals surface area contributed by atoms with Gasteiger partial charge in [-0.2, -0.15) is 0 Å². The minimum Gasteiger partial charge on any atom is -0.545 e. The molecule has 0 bridgehead atoms. The number of ether oxygens (including phenoxy) is 4. The fraction of sp³-hybridized carbons (Fsp3) is 0.903. The topological polar surface area (TPSA) is 111 Å². The number of rotatable bonds is 67. The molecule has 81 heavy (non-hydrogen) atoms. The zero-order valence-corrected chi connectivity index (χ0v) is 54.7. The van der Waals surface area contributed by atoms with Crippen LogP contribution in [0.25, 0.3) is 0 Å². The van der Waals surface area contributed by atoms with Crippen LogP contribution in [0.3, 0.4) is 0 Å². The van der Waals surface area contributed by atoms with Crippen molar-refractivity contribution < 1.29 is 42.9 Å². The number of aliphatic carboxylic acids is 1. The van der Waals surface area contributed by atoms with E-state index in [4.69, 9.17) is 18.9 Å². The lowest BCUT2D eigenvalue weighted by molar-refractivity contribution is -0.870. The van der Waals surface area contributed by atoms with Gasteiger partial charge in [-0.1, -0.05) is 327 Å². The SMILES string of the molecule is CCCCCCC/C=C\C/C=C\CCCCCCCCCCCCCCCCCC(=O)OC(COC(=O)CCCCCCCCCCCCCCCCCCCCCCCCCCCCCCC)COC(OCC[N+](C)(C)C)C(=O)[O-]. The molecule has 9 nitrogen and oxygen atoms in total. The van der Waals surface area contributed by atoms with Gasteiger partial charge in [-0.3, -0.25) is 9.59 Å². The molecule has 0 aliphatic heterocycles. The van der Waals surface area contributed by atoms with E-state index in [0.717, 1.165) is 44.9 Å². The van der Waals surface area contributed by atoms with E-state index < -0.39 is 24.3 Å². The third-order valence-corrected chi connectivity index (χ3v) is 16.2. The first-order chi connectivity index (χ1) is 39.6. The Hall–Kier alpha value is -2.23. The van der Waals surface area contributed by atoms with E-state index in [9.17, 15) is 19.5 Å². The second-order valence-electron chi connectivity index (χ2n) is 25.5. The van der Waals surface area contributed by atoms with Crippen LogP contribution in [0.4, 0.5) is 0 Å². The van der Waals surface area contributed by atoms with E-state index in [1.165, 1.54) is 289 Å². The minimum absolute atomic E-state index is 0.151. The summed E-state index contributed by atoms with van der Waals surface area (Å²) in [5.74, 6) is -2.25. The molecule has 0 aromatic carbocycles. The molecule has 478 valence electrons. The van der Waals surface area contributed by atoms with Crippen LogP contribution in [-0.2, 0) is 33.3 Å². The van der Waals surface area contributed by atoms with Crippen LogP contribution in [0, 0.1) is 0 Å². The lowest BCUT2D eigenvalue weighted by Gasteiger charge is -2.26. The second kappa shape index (κ2) is 63.8. The van der Waals surface area contributed by atoms with Crippen LogP contribution in [0.2, 0.25) is 0 Å². The number of carboxylic acids is 1. The monoisotopic (exact) mass is 1140 g/mol. The molecule has 0 aromatic heterocycles. The molecule has 0 aromatic rings. The molecule has 0 saturated carbocycles. The van der Waals surface area contributed by atoms with E-state index in [0.29, 0.717) is 17.4 Å². The zero-order valence-electron chi connectivity index (χ0n) is 54.7. The maximum absolute atomic E-state index is 12.9. The van der Waals surface area contributed by atoms with Gasteiger partial charge < -0.3 is 33.3 Å². The van der Waals surface area contributed by atoms with Crippen molar-refractivity contribution in [3.63, 3.8) is 0 Å². The normalized spacial score (nSPS) is 12.8. The number of carbonyl (C=O) groups is 3. The third-order valence-electron chi connectivity index (χ3n) is 16.2. The van der Waals surface area contributed by atoms with E-state index in [-0.39, 0.29) is 32.2 Å². The molecular formula is C72H137NO8. The quantitative estimate of drug-likeness (QED) is 0.0195. The smallest absolute Gasteiger partial charge is 0.306 e. The number of carboxylic acid groups (broad SMARTS) is 1. The Morgan fingerprint density at radius 2 is 0.667 bits per heavy atom. The van der Waals surface area contributed by atoms with Gasteiger partial charge in [0.15, 0.2) is 12.4 Å². The van der Waals surface area contributed by atoms with Crippen molar-refractivity contribution in [2.75, 3.05) is 47.5 Å². The van der Waals surface area contributed by atoms with Crippen molar-refractivity contribution in [3.05, 3.63) is 24.3 Å². The van der Waals surface area contributed by atoms with Crippen LogP contribution >= 0.6 is 0 Å². The first-order valence-electron chi connectivity index (χ1n) is 35.5. The van der Waals surface area contributed by atoms with Gasteiger partial charge in [-0.25, -0.2) is 0 Å². The van der Waals surface area contributed by atoms with Crippen molar-refractivity contribution in [1.82, 2.24) is 0 Å². The van der Waals surface area contributed by atoms with Crippen molar-refractivity contribution in [3.8, 4) is 0 Å². The third kappa shape index (κ3) is 65.2. The summed E-state index contributed by atoms with van der Waals surface area (Å²) in [6, 6.07) is 0. The standard InChI is InChI=1S/C72H137NO8/c1-6-8-10-12-14-16-18-20-22-24-26-28-30-32-34-35-37-38-40-42-44-46-48-50-52-54-56-58-60-62-69(74)79-66-68(67-80-72(71(76)77)78-65-64-73(3,4)5)81-70(75)63-61-59-57-55-53-51-49-47-45-43-41-39-36-33-31-29-27-25-23-21-19-17-15-13-11-9-7-2/h19,21,25,27,68,72H,6-18,20,22-24,26,28-67H2,1-5H3/b21-19-,27-25-. The van der Waals surface area contributed by atoms with E-state index >= 15 is 0 Å². The molecule has 0 aliphatic carbocycles. The number of esters is 2. The van der Waals surface area contributed by atoms with E-state index in [1.807, 2.05) is 21.1 Å². The van der Waals surface area contributed by atoms with Crippen LogP contribution in [0.5, 0.6) is 0 Å². The van der Waals surface area contributed by atoms with Crippen molar-refractivity contribution in [1.29, 1.82) is 0 Å². The number of likely N-dealkylation sites (N-methyl/N-ethyl adjacent to an activating group) is 1. The summed E-state index contributed by atoms with van der Waals surface area (Å²) < 4.78 is 22.8. The summed E-state index contributed by atoms with van der Waals surface area (Å²) in [4.78, 5) is 37.5. The first kappa shape index (κ1) is 78.8. The van der Waals surface area contributed by atoms with Gasteiger partial charge in [-0.05, 0) is 44.9 Å². The predicted molar refractivity (Wildman–Crippen MR) is 343 cm³/mol. The van der Waals surface area contributed by atoms with Crippen LogP contribution in [-0.4, -0.2) is 82.3 Å². The molecule has 2 atom stereocenters. The van der Waals surface area contributed by atoms with Gasteiger partial charge in [0.1, 0.15) is 13.2 Å². The van der Waals surface area contributed by atoms with E-state index in [1.54, 1.807) is 0 Å². The molecule has 9 heteroatoms. The molecule has 0 N–H and O–H groups in total.